The van der Waals surface area contributed by atoms with E-state index in [2.05, 4.69) is 26.6 Å². The van der Waals surface area contributed by atoms with Crippen molar-refractivity contribution in [1.29, 1.82) is 0 Å². The summed E-state index contributed by atoms with van der Waals surface area (Å²) in [6.07, 6.45) is -44.5. The van der Waals surface area contributed by atoms with Crippen molar-refractivity contribution in [3.63, 3.8) is 0 Å². The fourth-order valence-corrected chi connectivity index (χ4v) is 9.98. The lowest BCUT2D eigenvalue weighted by molar-refractivity contribution is -0.370. The molecule has 35 heteroatoms. The van der Waals surface area contributed by atoms with Crippen LogP contribution in [0.2, 0.25) is 0 Å². The number of hydrogen-bond acceptors (Lipinski definition) is 30. The summed E-state index contributed by atoms with van der Waals surface area (Å²) in [5.41, 5.74) is 0. The van der Waals surface area contributed by atoms with Crippen LogP contribution >= 0.6 is 0 Å². The molecule has 5 amide bonds. The first-order valence-electron chi connectivity index (χ1n) is 25.8. The van der Waals surface area contributed by atoms with Crippen molar-refractivity contribution in [3.05, 3.63) is 0 Å². The van der Waals surface area contributed by atoms with Gasteiger partial charge >= 0.3 is 0 Å². The number of hydrogen-bond donors (Lipinski definition) is 20. The van der Waals surface area contributed by atoms with Crippen LogP contribution in [-0.2, 0) is 71.3 Å². The molecule has 468 valence electrons. The average molecular weight is 1180 g/mol. The predicted octanol–water partition coefficient (Wildman–Crippen LogP) is -12.7. The smallest absolute Gasteiger partial charge is 0.217 e. The molecular weight excluding hydrogens is 1100 g/mol. The first kappa shape index (κ1) is 68.1. The van der Waals surface area contributed by atoms with Gasteiger partial charge < -0.3 is 151 Å². The first-order valence-corrected chi connectivity index (χ1v) is 25.8. The van der Waals surface area contributed by atoms with Crippen molar-refractivity contribution in [1.82, 2.24) is 26.6 Å². The Morgan fingerprint density at radius 2 is 0.864 bits per heavy atom. The van der Waals surface area contributed by atoms with E-state index < -0.39 is 247 Å². The van der Waals surface area contributed by atoms with Crippen LogP contribution in [0.4, 0.5) is 0 Å². The van der Waals surface area contributed by atoms with Gasteiger partial charge in [0.25, 0.3) is 0 Å². The molecule has 0 radical (unpaired) electrons. The van der Waals surface area contributed by atoms with Gasteiger partial charge in [0.2, 0.25) is 29.5 Å². The predicted molar refractivity (Wildman–Crippen MR) is 258 cm³/mol. The van der Waals surface area contributed by atoms with Crippen molar-refractivity contribution < 1.29 is 148 Å². The molecule has 0 bridgehead atoms. The molecule has 5 saturated heterocycles. The van der Waals surface area contributed by atoms with Crippen LogP contribution in [0, 0.1) is 0 Å². The molecule has 5 aliphatic rings. The zero-order valence-corrected chi connectivity index (χ0v) is 44.8. The van der Waals surface area contributed by atoms with Gasteiger partial charge in [-0.25, -0.2) is 0 Å². The Morgan fingerprint density at radius 1 is 0.444 bits per heavy atom. The summed E-state index contributed by atoms with van der Waals surface area (Å²) in [5.74, 6) is -4.09. The minimum absolute atomic E-state index is 0.730. The Morgan fingerprint density at radius 3 is 1.32 bits per heavy atom. The first-order chi connectivity index (χ1) is 38.1. The molecule has 0 aliphatic carbocycles. The van der Waals surface area contributed by atoms with Crippen molar-refractivity contribution in [2.24, 2.45) is 0 Å². The van der Waals surface area contributed by atoms with Crippen molar-refractivity contribution in [3.8, 4) is 0 Å². The third-order valence-electron chi connectivity index (χ3n) is 14.0. The minimum Gasteiger partial charge on any atom is -0.394 e. The molecule has 0 aromatic rings. The summed E-state index contributed by atoms with van der Waals surface area (Å²) in [7, 11) is 0. The van der Waals surface area contributed by atoms with Gasteiger partial charge in [-0.15, -0.1) is 0 Å². The van der Waals surface area contributed by atoms with Gasteiger partial charge in [-0.05, 0) is 6.92 Å². The van der Waals surface area contributed by atoms with Gasteiger partial charge in [-0.1, -0.05) is 0 Å². The third-order valence-corrected chi connectivity index (χ3v) is 14.0. The number of ether oxygens (including phenoxy) is 10. The Kier molecular flexibility index (Phi) is 25.6. The minimum atomic E-state index is -2.36. The molecule has 5 aliphatic heterocycles. The molecule has 0 aromatic heterocycles. The standard InChI is InChI=1S/C46H79N5O30/c1-13-29(63)36(70)37(71)46(73-13)81-41-28(51-18(6)61)45(77-24(11-56)40(41)80-44-26(49-16(4)59)34(68)32(66)22(9-54)75-44)78-38(19(7-52)47-14(2)57)30(64)20(62)12-72-42-27(50-17(5)60)35(69)39(23(10-55)76-42)79-43-25(48-15(3)58)33(67)31(65)21(8-53)74-43/h13,19-46,52-56,62-71H,7-12H2,1-6H3,(H,47,57)(H,48,58)(H,49,59)(H,50,60)(H,51,61)/t13-,19-,20+,21+,22+,23+,24+,25+,26+,27+,28+,29+,30-,31-,32-,33+,34+,35+,36+,37-,38+,39+,40+,41+,42?,43?,44?,45?,46?/m0/s1. The summed E-state index contributed by atoms with van der Waals surface area (Å²) in [6.45, 7) is 0.397. The maximum atomic E-state index is 13.2. The van der Waals surface area contributed by atoms with Crippen molar-refractivity contribution in [2.45, 2.75) is 219 Å². The highest BCUT2D eigenvalue weighted by Crippen LogP contribution is 2.36. The van der Waals surface area contributed by atoms with Gasteiger partial charge in [0, 0.05) is 34.6 Å². The molecule has 5 rings (SSSR count). The van der Waals surface area contributed by atoms with E-state index in [1.54, 1.807) is 0 Å². The van der Waals surface area contributed by atoms with Crippen LogP contribution in [0.3, 0.4) is 0 Å². The third kappa shape index (κ3) is 16.6. The highest BCUT2D eigenvalue weighted by atomic mass is 16.8. The number of carbonyl (C=O) groups is 5. The highest BCUT2D eigenvalue weighted by Gasteiger charge is 2.57. The number of rotatable bonds is 24. The van der Waals surface area contributed by atoms with E-state index in [0.29, 0.717) is 0 Å². The largest absolute Gasteiger partial charge is 0.394 e. The summed E-state index contributed by atoms with van der Waals surface area (Å²) >= 11 is 0. The van der Waals surface area contributed by atoms with Crippen molar-refractivity contribution in [2.75, 3.05) is 39.6 Å². The summed E-state index contributed by atoms with van der Waals surface area (Å²) in [6, 6.07) is -8.49. The van der Waals surface area contributed by atoms with E-state index >= 15 is 0 Å². The molecule has 5 unspecified atom stereocenters. The average Bonchev–Trinajstić information content (AvgIpc) is 3.44. The fourth-order valence-electron chi connectivity index (χ4n) is 9.98. The van der Waals surface area contributed by atoms with Gasteiger partial charge in [0.15, 0.2) is 31.5 Å². The van der Waals surface area contributed by atoms with Crippen LogP contribution in [-0.4, -0.2) is 323 Å². The molecule has 0 saturated carbocycles. The van der Waals surface area contributed by atoms with Crippen LogP contribution in [0.5, 0.6) is 0 Å². The van der Waals surface area contributed by atoms with E-state index in [4.69, 9.17) is 47.4 Å². The second-order valence-corrected chi connectivity index (χ2v) is 20.2. The van der Waals surface area contributed by atoms with Crippen LogP contribution < -0.4 is 26.6 Å². The number of aliphatic hydroxyl groups is 15. The molecule has 81 heavy (non-hydrogen) atoms. The van der Waals surface area contributed by atoms with Gasteiger partial charge in [0.1, 0.15) is 134 Å². The Bertz CT molecular complexity index is 2040. The lowest BCUT2D eigenvalue weighted by Gasteiger charge is -2.51. The van der Waals surface area contributed by atoms with E-state index in [0.717, 1.165) is 34.6 Å². The van der Waals surface area contributed by atoms with E-state index in [-0.39, 0.29) is 0 Å². The summed E-state index contributed by atoms with van der Waals surface area (Å²) in [4.78, 5) is 62.8. The zero-order chi connectivity index (χ0) is 60.5. The second kappa shape index (κ2) is 30.4. The Hall–Kier alpha value is -3.65. The zero-order valence-electron chi connectivity index (χ0n) is 44.8. The molecule has 0 spiro atoms. The Labute approximate surface area is 462 Å². The number of nitrogens with one attached hydrogen (secondary N) is 5. The Balaban J connectivity index is 1.49. The lowest BCUT2D eigenvalue weighted by atomic mass is 9.93. The van der Waals surface area contributed by atoms with Gasteiger partial charge in [-0.2, -0.15) is 0 Å². The monoisotopic (exact) mass is 1180 g/mol. The van der Waals surface area contributed by atoms with E-state index in [9.17, 15) is 101 Å². The van der Waals surface area contributed by atoms with Crippen LogP contribution in [0.15, 0.2) is 0 Å². The molecule has 20 N–H and O–H groups in total. The van der Waals surface area contributed by atoms with Crippen LogP contribution in [0.1, 0.15) is 41.5 Å². The summed E-state index contributed by atoms with van der Waals surface area (Å²) < 4.78 is 59.5. The van der Waals surface area contributed by atoms with E-state index in [1.165, 1.54) is 6.92 Å². The quantitative estimate of drug-likeness (QED) is 0.0427. The highest BCUT2D eigenvalue weighted by molar-refractivity contribution is 5.75. The molecule has 5 heterocycles. The number of carbonyl (C=O) groups excluding carboxylic acids is 5. The summed E-state index contributed by atoms with van der Waals surface area (Å²) in [5, 5.41) is 175. The molecule has 29 atom stereocenters. The number of amides is 5. The molecular formula is C46H79N5O30. The normalized spacial score (nSPS) is 41.6. The molecule has 5 fully saturated rings. The molecule has 35 nitrogen and oxygen atoms in total. The topological polar surface area (TPSA) is 541 Å². The van der Waals surface area contributed by atoms with Gasteiger partial charge in [-0.3, -0.25) is 24.0 Å². The maximum Gasteiger partial charge on any atom is 0.217 e. The lowest BCUT2D eigenvalue weighted by Crippen LogP contribution is -2.71. The second-order valence-electron chi connectivity index (χ2n) is 20.2. The van der Waals surface area contributed by atoms with Crippen LogP contribution in [0.25, 0.3) is 0 Å². The maximum absolute atomic E-state index is 13.2. The van der Waals surface area contributed by atoms with E-state index in [1.807, 2.05) is 0 Å². The fraction of sp³-hybridized carbons (Fsp3) is 0.891. The molecule has 0 aromatic carbocycles. The van der Waals surface area contributed by atoms with Crippen molar-refractivity contribution >= 4 is 29.5 Å². The number of aliphatic hydroxyl groups excluding tert-OH is 15. The SMILES string of the molecule is CC(=O)N[C@@H](CO)[C@@H](OC1O[C@H](CO)[C@@H](OC2O[C@H](CO)[C@H](O)[C@H](O)[C@H]2NC(C)=O)[C@H](OC2O[C@@H](C)[C@@H](O)[C@@H](O)[C@@H]2O)[C@H]1NC(C)=O)[C@@H](O)[C@H](O)COC1O[C@H](CO)[C@@H](OC2O[C@H](CO)[C@H](O)[C@H](O)[C@H]2NC(C)=O)[C@H](O)[C@H]1NC(C)=O. The van der Waals surface area contributed by atoms with Gasteiger partial charge in [0.05, 0.1) is 51.8 Å².